The van der Waals surface area contributed by atoms with Crippen LogP contribution < -0.4 is 0 Å². The van der Waals surface area contributed by atoms with Gasteiger partial charge in [0.05, 0.1) is 16.5 Å². The van der Waals surface area contributed by atoms with Crippen LogP contribution in [-0.4, -0.2) is 5.11 Å². The first-order valence-electron chi connectivity index (χ1n) is 6.82. The zero-order valence-corrected chi connectivity index (χ0v) is 13.0. The zero-order chi connectivity index (χ0) is 14.0. The van der Waals surface area contributed by atoms with Crippen LogP contribution in [0.25, 0.3) is 0 Å². The van der Waals surface area contributed by atoms with E-state index in [1.54, 1.807) is 6.07 Å². The Labute approximate surface area is 124 Å². The number of rotatable bonds is 3. The van der Waals surface area contributed by atoms with Crippen molar-refractivity contribution in [2.24, 2.45) is 17.3 Å². The Balaban J connectivity index is 2.14. The predicted molar refractivity (Wildman–Crippen MR) is 79.1 cm³/mol. The van der Waals surface area contributed by atoms with Crippen LogP contribution in [0.15, 0.2) is 11.4 Å². The molecule has 0 spiro atoms. The first kappa shape index (κ1) is 14.8. The summed E-state index contributed by atoms with van der Waals surface area (Å²) in [5.41, 5.74) is -0.625. The monoisotopic (exact) mass is 297 g/mol. The average Bonchev–Trinajstić information content (AvgIpc) is 2.84. The number of thiophene rings is 1. The van der Waals surface area contributed by atoms with E-state index in [1.807, 2.05) is 5.38 Å². The molecule has 0 saturated heterocycles. The number of halogens is 1. The molecule has 0 amide bonds. The first-order chi connectivity index (χ1) is 8.98. The van der Waals surface area contributed by atoms with E-state index in [1.165, 1.54) is 11.3 Å². The van der Waals surface area contributed by atoms with Gasteiger partial charge in [0.2, 0.25) is 0 Å². The Morgan fingerprint density at radius 2 is 2.11 bits per heavy atom. The van der Waals surface area contributed by atoms with Crippen molar-refractivity contribution in [1.82, 2.24) is 0 Å². The summed E-state index contributed by atoms with van der Waals surface area (Å²) in [6, 6.07) is 4.18. The molecule has 2 rings (SSSR count). The van der Waals surface area contributed by atoms with Crippen LogP contribution in [0.1, 0.15) is 50.5 Å². The van der Waals surface area contributed by atoms with Crippen molar-refractivity contribution in [1.29, 1.82) is 5.26 Å². The minimum Gasteiger partial charge on any atom is -0.386 e. The fourth-order valence-corrected chi connectivity index (χ4v) is 4.19. The average molecular weight is 298 g/mol. The molecular weight excluding hydrogens is 278 g/mol. The van der Waals surface area contributed by atoms with Gasteiger partial charge in [-0.25, -0.2) is 0 Å². The normalized spacial score (nSPS) is 29.2. The molecule has 4 heteroatoms. The Morgan fingerprint density at radius 1 is 1.47 bits per heavy atom. The number of hydrogen-bond donors (Lipinski definition) is 1. The second-order valence-corrected chi connectivity index (χ2v) is 7.30. The van der Waals surface area contributed by atoms with Crippen molar-refractivity contribution >= 4 is 22.9 Å². The molecule has 1 aromatic heterocycles. The third kappa shape index (κ3) is 2.97. The van der Waals surface area contributed by atoms with Crippen LogP contribution in [0.5, 0.6) is 0 Å². The second-order valence-electron chi connectivity index (χ2n) is 5.92. The first-order valence-corrected chi connectivity index (χ1v) is 8.07. The van der Waals surface area contributed by atoms with Gasteiger partial charge in [-0.1, -0.05) is 25.4 Å². The molecule has 1 fully saturated rings. The topological polar surface area (TPSA) is 44.0 Å². The molecule has 1 unspecified atom stereocenters. The lowest BCUT2D eigenvalue weighted by Gasteiger charge is -2.39. The molecule has 2 nitrogen and oxygen atoms in total. The van der Waals surface area contributed by atoms with Crippen molar-refractivity contribution in [2.45, 2.75) is 45.6 Å². The Bertz CT molecular complexity index is 469. The molecular formula is C15H20ClNOS. The molecule has 0 radical (unpaired) electrons. The summed E-state index contributed by atoms with van der Waals surface area (Å²) in [5.74, 6) is 1.34. The molecule has 1 N–H and O–H groups in total. The molecule has 1 heterocycles. The summed E-state index contributed by atoms with van der Waals surface area (Å²) >= 11 is 7.35. The molecule has 0 bridgehead atoms. The molecule has 0 aromatic carbocycles. The largest absolute Gasteiger partial charge is 0.386 e. The lowest BCUT2D eigenvalue weighted by Crippen LogP contribution is -2.33. The molecule has 1 saturated carbocycles. The fourth-order valence-electron chi connectivity index (χ4n) is 3.01. The summed E-state index contributed by atoms with van der Waals surface area (Å²) in [6.45, 7) is 4.47. The van der Waals surface area contributed by atoms with E-state index < -0.39 is 11.5 Å². The van der Waals surface area contributed by atoms with E-state index in [9.17, 15) is 10.4 Å². The van der Waals surface area contributed by atoms with E-state index in [0.717, 1.165) is 30.6 Å². The number of hydrogen-bond acceptors (Lipinski definition) is 3. The van der Waals surface area contributed by atoms with Crippen molar-refractivity contribution in [2.75, 3.05) is 0 Å². The molecule has 104 valence electrons. The number of nitriles is 1. The van der Waals surface area contributed by atoms with Crippen LogP contribution in [0.3, 0.4) is 0 Å². The third-order valence-corrected chi connectivity index (χ3v) is 5.80. The second kappa shape index (κ2) is 5.83. The number of aliphatic hydroxyl groups excluding tert-OH is 1. The lowest BCUT2D eigenvalue weighted by molar-refractivity contribution is 0.0214. The highest BCUT2D eigenvalue weighted by Crippen LogP contribution is 2.49. The van der Waals surface area contributed by atoms with Gasteiger partial charge < -0.3 is 5.11 Å². The molecule has 1 aliphatic rings. The highest BCUT2D eigenvalue weighted by atomic mass is 35.5. The van der Waals surface area contributed by atoms with Crippen LogP contribution in [-0.2, 0) is 0 Å². The minimum absolute atomic E-state index is 0.625. The van der Waals surface area contributed by atoms with Gasteiger partial charge in [-0.2, -0.15) is 5.26 Å². The maximum absolute atomic E-state index is 10.6. The van der Waals surface area contributed by atoms with Crippen LogP contribution in [0, 0.1) is 28.6 Å². The van der Waals surface area contributed by atoms with Gasteiger partial charge >= 0.3 is 0 Å². The summed E-state index contributed by atoms with van der Waals surface area (Å²) < 4.78 is 0. The fraction of sp³-hybridized carbons (Fsp3) is 0.667. The van der Waals surface area contributed by atoms with E-state index in [-0.39, 0.29) is 0 Å². The maximum atomic E-state index is 10.6. The molecule has 1 aliphatic carbocycles. The Morgan fingerprint density at radius 3 is 2.53 bits per heavy atom. The van der Waals surface area contributed by atoms with Gasteiger partial charge in [0, 0.05) is 10.3 Å². The quantitative estimate of drug-likeness (QED) is 0.871. The van der Waals surface area contributed by atoms with Crippen LogP contribution in [0.4, 0.5) is 0 Å². The van der Waals surface area contributed by atoms with E-state index >= 15 is 0 Å². The minimum atomic E-state index is -0.705. The zero-order valence-electron chi connectivity index (χ0n) is 11.4. The smallest absolute Gasteiger partial charge is 0.107 e. The molecule has 19 heavy (non-hydrogen) atoms. The van der Waals surface area contributed by atoms with Gasteiger partial charge in [0.25, 0.3) is 0 Å². The number of aliphatic hydroxyl groups is 1. The highest BCUT2D eigenvalue weighted by molar-refractivity contribution is 7.10. The molecule has 0 aliphatic heterocycles. The standard InChI is InChI=1S/C15H20ClNOS/c1-10(2)11-3-5-15(9-17,6-4-11)14(18)13-7-12(16)8-19-13/h7-8,10-11,14,18H,3-6H2,1-2H3. The highest BCUT2D eigenvalue weighted by Gasteiger charge is 2.43. The van der Waals surface area contributed by atoms with E-state index in [4.69, 9.17) is 11.6 Å². The maximum Gasteiger partial charge on any atom is 0.107 e. The van der Waals surface area contributed by atoms with Gasteiger partial charge in [0.15, 0.2) is 0 Å². The molecule has 1 aromatic rings. The van der Waals surface area contributed by atoms with Gasteiger partial charge in [0.1, 0.15) is 6.10 Å². The summed E-state index contributed by atoms with van der Waals surface area (Å²) in [6.07, 6.45) is 2.91. The van der Waals surface area contributed by atoms with Gasteiger partial charge in [-0.3, -0.25) is 0 Å². The van der Waals surface area contributed by atoms with Gasteiger partial charge in [-0.15, -0.1) is 11.3 Å². The summed E-state index contributed by atoms with van der Waals surface area (Å²) in [5, 5.41) is 22.6. The number of nitrogens with zero attached hydrogens (tertiary/aromatic N) is 1. The summed E-state index contributed by atoms with van der Waals surface area (Å²) in [4.78, 5) is 0.814. The van der Waals surface area contributed by atoms with Crippen LogP contribution >= 0.6 is 22.9 Å². The third-order valence-electron chi connectivity index (χ3n) is 4.47. The SMILES string of the molecule is CC(C)C1CCC(C#N)(C(O)c2cc(Cl)cs2)CC1. The predicted octanol–water partition coefficient (Wildman–Crippen LogP) is 4.79. The van der Waals surface area contributed by atoms with Crippen molar-refractivity contribution < 1.29 is 5.11 Å². The van der Waals surface area contributed by atoms with Crippen molar-refractivity contribution in [3.8, 4) is 6.07 Å². The van der Waals surface area contributed by atoms with Gasteiger partial charge in [-0.05, 0) is 43.6 Å². The lowest BCUT2D eigenvalue weighted by atomic mass is 9.66. The van der Waals surface area contributed by atoms with Crippen LogP contribution in [0.2, 0.25) is 5.02 Å². The van der Waals surface area contributed by atoms with Crippen molar-refractivity contribution in [3.63, 3.8) is 0 Å². The van der Waals surface area contributed by atoms with E-state index in [0.29, 0.717) is 16.9 Å². The Hall–Kier alpha value is -0.560. The summed E-state index contributed by atoms with van der Waals surface area (Å²) in [7, 11) is 0. The Kier molecular flexibility index (Phi) is 4.55. The van der Waals surface area contributed by atoms with Crippen molar-refractivity contribution in [3.05, 3.63) is 21.3 Å². The van der Waals surface area contributed by atoms with E-state index in [2.05, 4.69) is 19.9 Å². The molecule has 1 atom stereocenters.